The number of rotatable bonds is 6. The van der Waals surface area contributed by atoms with Crippen molar-refractivity contribution in [2.45, 2.75) is 5.41 Å². The number of hydrogen-bond acceptors (Lipinski definition) is 1. The Morgan fingerprint density at radius 3 is 1.24 bits per heavy atom. The predicted octanol–water partition coefficient (Wildman–Crippen LogP) is 18.0. The molecule has 2 aliphatic rings. The monoisotopic (exact) mass is 861 g/mol. The summed E-state index contributed by atoms with van der Waals surface area (Å²) in [5.41, 5.74) is 20.8. The minimum absolute atomic E-state index is 0.352. The van der Waals surface area contributed by atoms with E-state index in [1.54, 1.807) is 0 Å². The lowest BCUT2D eigenvalue weighted by Crippen LogP contribution is -2.25. The molecule has 1 heteroatoms. The number of fused-ring (bicyclic) bond motifs is 16. The Hall–Kier alpha value is -8.78. The third-order valence-corrected chi connectivity index (χ3v) is 14.9. The molecule has 0 unspecified atom stereocenters. The van der Waals surface area contributed by atoms with Gasteiger partial charge in [-0.15, -0.1) is 0 Å². The van der Waals surface area contributed by atoms with Crippen LogP contribution in [-0.4, -0.2) is 0 Å². The summed E-state index contributed by atoms with van der Waals surface area (Å²) >= 11 is 0. The highest BCUT2D eigenvalue weighted by Gasteiger charge is 2.51. The Morgan fingerprint density at radius 2 is 0.618 bits per heavy atom. The van der Waals surface area contributed by atoms with E-state index in [0.717, 1.165) is 17.1 Å². The Labute approximate surface area is 396 Å². The fraction of sp³-hybridized carbons (Fsp3) is 0.0149. The molecule has 14 rings (SSSR count). The fourth-order valence-corrected chi connectivity index (χ4v) is 11.9. The molecule has 1 spiro atoms. The van der Waals surface area contributed by atoms with Gasteiger partial charge in [0.1, 0.15) is 0 Å². The molecule has 1 nitrogen and oxygen atoms in total. The summed E-state index contributed by atoms with van der Waals surface area (Å²) in [6, 6.07) is 96.7. The van der Waals surface area contributed by atoms with E-state index in [1.807, 2.05) is 0 Å². The Bertz CT molecular complexity index is 3880. The summed E-state index contributed by atoms with van der Waals surface area (Å²) in [4.78, 5) is 2.45. The van der Waals surface area contributed by atoms with Crippen LogP contribution in [0.5, 0.6) is 0 Å². The zero-order chi connectivity index (χ0) is 44.8. The molecule has 0 N–H and O–H groups in total. The average Bonchev–Trinajstić information content (AvgIpc) is 3.89. The van der Waals surface area contributed by atoms with Crippen LogP contribution < -0.4 is 4.90 Å². The summed E-state index contributed by atoms with van der Waals surface area (Å²) < 4.78 is 0. The number of para-hydroxylation sites is 1. The SMILES string of the molecule is c1ccc(-c2ccc(-c3ccccc3N(c3ccc(-c4ccc5c(c4)-c4ccccc4C54c5ccccc5-c5ccccc54)cc3)c3ccc4c5ccccc5c5ccccc5c4c3)cc2)cc1. The van der Waals surface area contributed by atoms with E-state index in [-0.39, 0.29) is 5.41 Å². The lowest BCUT2D eigenvalue weighted by molar-refractivity contribution is 0.794. The molecule has 0 aromatic heterocycles. The number of benzene rings is 12. The van der Waals surface area contributed by atoms with E-state index >= 15 is 0 Å². The van der Waals surface area contributed by atoms with Crippen molar-refractivity contribution < 1.29 is 0 Å². The van der Waals surface area contributed by atoms with Crippen LogP contribution in [-0.2, 0) is 5.41 Å². The highest BCUT2D eigenvalue weighted by atomic mass is 15.1. The van der Waals surface area contributed by atoms with E-state index in [2.05, 4.69) is 266 Å². The molecule has 0 aliphatic heterocycles. The first kappa shape index (κ1) is 38.5. The van der Waals surface area contributed by atoms with Crippen molar-refractivity contribution in [1.29, 1.82) is 0 Å². The molecule has 0 heterocycles. The first-order valence-electron chi connectivity index (χ1n) is 23.7. The van der Waals surface area contributed by atoms with E-state index < -0.39 is 0 Å². The van der Waals surface area contributed by atoms with Crippen LogP contribution >= 0.6 is 0 Å². The van der Waals surface area contributed by atoms with Gasteiger partial charge in [-0.1, -0.05) is 224 Å². The van der Waals surface area contributed by atoms with E-state index in [9.17, 15) is 0 Å². The van der Waals surface area contributed by atoms with Crippen molar-refractivity contribution in [3.63, 3.8) is 0 Å². The van der Waals surface area contributed by atoms with Gasteiger partial charge >= 0.3 is 0 Å². The summed E-state index contributed by atoms with van der Waals surface area (Å²) in [5.74, 6) is 0. The smallest absolute Gasteiger partial charge is 0.0725 e. The van der Waals surface area contributed by atoms with Crippen LogP contribution in [0.2, 0.25) is 0 Å². The van der Waals surface area contributed by atoms with Crippen molar-refractivity contribution in [3.05, 3.63) is 283 Å². The second-order valence-corrected chi connectivity index (χ2v) is 18.3. The molecular formula is C67H43N. The third-order valence-electron chi connectivity index (χ3n) is 14.9. The summed E-state index contributed by atoms with van der Waals surface area (Å²) in [7, 11) is 0. The second-order valence-electron chi connectivity index (χ2n) is 18.3. The second kappa shape index (κ2) is 15.1. The maximum atomic E-state index is 2.45. The van der Waals surface area contributed by atoms with E-state index in [4.69, 9.17) is 0 Å². The van der Waals surface area contributed by atoms with Crippen LogP contribution in [0.4, 0.5) is 17.1 Å². The molecule has 2 aliphatic carbocycles. The van der Waals surface area contributed by atoms with E-state index in [1.165, 1.54) is 110 Å². The number of hydrogen-bond donors (Lipinski definition) is 0. The lowest BCUT2D eigenvalue weighted by Gasteiger charge is -2.30. The number of nitrogens with zero attached hydrogens (tertiary/aromatic N) is 1. The molecule has 0 saturated heterocycles. The normalized spacial score (nSPS) is 12.8. The highest BCUT2D eigenvalue weighted by Crippen LogP contribution is 2.63. The number of anilines is 3. The molecule has 0 radical (unpaired) electrons. The van der Waals surface area contributed by atoms with Crippen molar-refractivity contribution in [2.24, 2.45) is 0 Å². The van der Waals surface area contributed by atoms with Crippen molar-refractivity contribution >= 4 is 49.4 Å². The molecule has 0 saturated carbocycles. The van der Waals surface area contributed by atoms with Gasteiger partial charge in [0.05, 0.1) is 11.1 Å². The van der Waals surface area contributed by atoms with Gasteiger partial charge in [-0.2, -0.15) is 0 Å². The molecule has 0 atom stereocenters. The zero-order valence-corrected chi connectivity index (χ0v) is 37.3. The molecule has 316 valence electrons. The van der Waals surface area contributed by atoms with Crippen LogP contribution in [0, 0.1) is 0 Å². The van der Waals surface area contributed by atoms with Gasteiger partial charge < -0.3 is 4.90 Å². The highest BCUT2D eigenvalue weighted by molar-refractivity contribution is 6.26. The molecule has 0 fully saturated rings. The Kier molecular flexibility index (Phi) is 8.57. The van der Waals surface area contributed by atoms with Crippen molar-refractivity contribution in [1.82, 2.24) is 0 Å². The van der Waals surface area contributed by atoms with Crippen LogP contribution in [0.25, 0.3) is 88.0 Å². The molecule has 68 heavy (non-hydrogen) atoms. The average molecular weight is 862 g/mol. The van der Waals surface area contributed by atoms with E-state index in [0.29, 0.717) is 0 Å². The van der Waals surface area contributed by atoms with Crippen LogP contribution in [0.15, 0.2) is 261 Å². The molecule has 0 bridgehead atoms. The molecular weight excluding hydrogens is 819 g/mol. The minimum Gasteiger partial charge on any atom is -0.310 e. The lowest BCUT2D eigenvalue weighted by atomic mass is 9.70. The van der Waals surface area contributed by atoms with Gasteiger partial charge in [-0.25, -0.2) is 0 Å². The quantitative estimate of drug-likeness (QED) is 0.151. The topological polar surface area (TPSA) is 3.24 Å². The molecule has 0 amide bonds. The summed E-state index contributed by atoms with van der Waals surface area (Å²) in [6.45, 7) is 0. The standard InChI is InChI=1S/C67H43N/c1-2-16-44(17-3-1)45-30-32-47(33-31-45)51-18-11-15-29-66(51)68(50-39-40-56-54-21-5-4-19-52(54)53-20-6-7-22-55(53)60(56)43-50)49-37-34-46(35-38-49)48-36-41-65-61(42-48)59-25-10-14-28-64(59)67(65)62-26-12-8-23-57(62)58-24-9-13-27-63(58)67/h1-43H. The first-order valence-corrected chi connectivity index (χ1v) is 23.7. The zero-order valence-electron chi connectivity index (χ0n) is 37.3. The fourth-order valence-electron chi connectivity index (χ4n) is 11.9. The predicted molar refractivity (Wildman–Crippen MR) is 286 cm³/mol. The summed E-state index contributed by atoms with van der Waals surface area (Å²) in [6.07, 6.45) is 0. The van der Waals surface area contributed by atoms with Crippen molar-refractivity contribution in [2.75, 3.05) is 4.90 Å². The van der Waals surface area contributed by atoms with Gasteiger partial charge in [0, 0.05) is 16.9 Å². The third kappa shape index (κ3) is 5.63. The maximum absolute atomic E-state index is 2.45. The van der Waals surface area contributed by atoms with Gasteiger partial charge in [-0.05, 0) is 141 Å². The first-order chi connectivity index (χ1) is 33.7. The van der Waals surface area contributed by atoms with Gasteiger partial charge in [-0.3, -0.25) is 0 Å². The van der Waals surface area contributed by atoms with Crippen molar-refractivity contribution in [3.8, 4) is 55.6 Å². The molecule has 12 aromatic carbocycles. The van der Waals surface area contributed by atoms with Gasteiger partial charge in [0.2, 0.25) is 0 Å². The maximum Gasteiger partial charge on any atom is 0.0725 e. The van der Waals surface area contributed by atoms with Gasteiger partial charge in [0.25, 0.3) is 0 Å². The van der Waals surface area contributed by atoms with Gasteiger partial charge in [0.15, 0.2) is 0 Å². The van der Waals surface area contributed by atoms with Crippen LogP contribution in [0.1, 0.15) is 22.3 Å². The summed E-state index contributed by atoms with van der Waals surface area (Å²) in [5, 5.41) is 7.58. The largest absolute Gasteiger partial charge is 0.310 e. The minimum atomic E-state index is -0.352. The van der Waals surface area contributed by atoms with Crippen LogP contribution in [0.3, 0.4) is 0 Å². The Balaban J connectivity index is 0.921. The Morgan fingerprint density at radius 1 is 0.221 bits per heavy atom. The molecule has 12 aromatic rings.